The SMILES string of the molecule is CC(=O)CN1C(=O)c2ccc3ccccc3c2S1(=O)=O. The third kappa shape index (κ3) is 1.65. The maximum Gasteiger partial charge on any atom is 0.269 e. The number of nitrogens with zero attached hydrogens (tertiary/aromatic N) is 1. The van der Waals surface area contributed by atoms with Gasteiger partial charge < -0.3 is 0 Å². The highest BCUT2D eigenvalue weighted by Gasteiger charge is 2.42. The van der Waals surface area contributed by atoms with Gasteiger partial charge in [-0.3, -0.25) is 9.59 Å². The van der Waals surface area contributed by atoms with Crippen LogP contribution in [0.1, 0.15) is 17.3 Å². The van der Waals surface area contributed by atoms with E-state index in [4.69, 9.17) is 0 Å². The number of hydrogen-bond acceptors (Lipinski definition) is 4. The van der Waals surface area contributed by atoms with Crippen LogP contribution in [0.25, 0.3) is 10.8 Å². The average Bonchev–Trinajstić information content (AvgIpc) is 2.60. The van der Waals surface area contributed by atoms with Crippen molar-refractivity contribution < 1.29 is 18.0 Å². The third-order valence-corrected chi connectivity index (χ3v) is 5.08. The summed E-state index contributed by atoms with van der Waals surface area (Å²) in [5.41, 5.74) is 0.130. The van der Waals surface area contributed by atoms with Crippen LogP contribution in [0.5, 0.6) is 0 Å². The average molecular weight is 289 g/mol. The van der Waals surface area contributed by atoms with Gasteiger partial charge in [0.25, 0.3) is 15.9 Å². The monoisotopic (exact) mass is 289 g/mol. The van der Waals surface area contributed by atoms with Gasteiger partial charge in [-0.1, -0.05) is 30.3 Å². The molecule has 2 aromatic rings. The summed E-state index contributed by atoms with van der Waals surface area (Å²) in [5, 5.41) is 1.25. The largest absolute Gasteiger partial charge is 0.298 e. The molecule has 0 atom stereocenters. The molecule has 0 aliphatic carbocycles. The van der Waals surface area contributed by atoms with Crippen LogP contribution in [-0.4, -0.2) is 31.0 Å². The van der Waals surface area contributed by atoms with Crippen molar-refractivity contribution in [1.82, 2.24) is 4.31 Å². The Kier molecular flexibility index (Phi) is 2.65. The molecule has 6 heteroatoms. The third-order valence-electron chi connectivity index (χ3n) is 3.25. The molecule has 0 N–H and O–H groups in total. The van der Waals surface area contributed by atoms with Crippen molar-refractivity contribution in [3.05, 3.63) is 42.0 Å². The van der Waals surface area contributed by atoms with Gasteiger partial charge in [0.05, 0.1) is 12.1 Å². The predicted octanol–water partition coefficient (Wildman–Crippen LogP) is 1.57. The zero-order valence-electron chi connectivity index (χ0n) is 10.7. The first-order valence-electron chi connectivity index (χ1n) is 6.01. The zero-order valence-corrected chi connectivity index (χ0v) is 11.5. The fourth-order valence-corrected chi connectivity index (χ4v) is 4.19. The Hall–Kier alpha value is -2.21. The van der Waals surface area contributed by atoms with E-state index in [1.54, 1.807) is 30.3 Å². The predicted molar refractivity (Wildman–Crippen MR) is 72.9 cm³/mol. The minimum atomic E-state index is -3.95. The lowest BCUT2D eigenvalue weighted by Crippen LogP contribution is -2.34. The molecule has 0 aromatic heterocycles. The molecule has 0 unspecified atom stereocenters. The topological polar surface area (TPSA) is 71.5 Å². The zero-order chi connectivity index (χ0) is 14.5. The minimum Gasteiger partial charge on any atom is -0.298 e. The number of carbonyl (C=O) groups excluding carboxylic acids is 2. The van der Waals surface area contributed by atoms with Crippen molar-refractivity contribution in [1.29, 1.82) is 0 Å². The van der Waals surface area contributed by atoms with Crippen LogP contribution < -0.4 is 0 Å². The normalized spacial score (nSPS) is 16.4. The van der Waals surface area contributed by atoms with Crippen LogP contribution in [-0.2, 0) is 14.8 Å². The number of carbonyl (C=O) groups is 2. The number of ketones is 1. The van der Waals surface area contributed by atoms with E-state index < -0.39 is 22.5 Å². The van der Waals surface area contributed by atoms with Crippen LogP contribution in [0.3, 0.4) is 0 Å². The van der Waals surface area contributed by atoms with E-state index in [0.29, 0.717) is 9.69 Å². The first kappa shape index (κ1) is 12.8. The van der Waals surface area contributed by atoms with Gasteiger partial charge >= 0.3 is 0 Å². The molecule has 3 rings (SSSR count). The second-order valence-corrected chi connectivity index (χ2v) is 6.48. The van der Waals surface area contributed by atoms with Crippen LogP contribution >= 0.6 is 0 Å². The Labute approximate surface area is 115 Å². The number of amides is 1. The van der Waals surface area contributed by atoms with Gasteiger partial charge in [0.15, 0.2) is 0 Å². The Morgan fingerprint density at radius 3 is 2.55 bits per heavy atom. The number of sulfonamides is 1. The maximum absolute atomic E-state index is 12.5. The number of benzene rings is 2. The van der Waals surface area contributed by atoms with Crippen LogP contribution in [0.15, 0.2) is 41.3 Å². The van der Waals surface area contributed by atoms with Gasteiger partial charge in [-0.15, -0.1) is 0 Å². The van der Waals surface area contributed by atoms with Crippen LogP contribution in [0, 0.1) is 0 Å². The van der Waals surface area contributed by atoms with E-state index in [2.05, 4.69) is 0 Å². The van der Waals surface area contributed by atoms with Gasteiger partial charge in [0, 0.05) is 5.39 Å². The smallest absolute Gasteiger partial charge is 0.269 e. The number of Topliss-reactive ketones (excluding diaryl/α,β-unsaturated/α-hetero) is 1. The highest BCUT2D eigenvalue weighted by atomic mass is 32.2. The summed E-state index contributed by atoms with van der Waals surface area (Å²) in [4.78, 5) is 23.4. The molecule has 20 heavy (non-hydrogen) atoms. The Bertz CT molecular complexity index is 855. The van der Waals surface area contributed by atoms with E-state index in [1.807, 2.05) is 0 Å². The summed E-state index contributed by atoms with van der Waals surface area (Å²) in [6.07, 6.45) is 0. The number of hydrogen-bond donors (Lipinski definition) is 0. The summed E-state index contributed by atoms with van der Waals surface area (Å²) in [7, 11) is -3.95. The standard InChI is InChI=1S/C14H11NO4S/c1-9(16)8-15-14(17)12-7-6-10-4-2-3-5-11(10)13(12)20(15,18)19/h2-7H,8H2,1H3. The molecule has 0 saturated carbocycles. The molecule has 1 amide bonds. The van der Waals surface area contributed by atoms with Gasteiger partial charge in [-0.25, -0.2) is 12.7 Å². The van der Waals surface area contributed by atoms with E-state index in [-0.39, 0.29) is 16.2 Å². The van der Waals surface area contributed by atoms with Gasteiger partial charge in [0.2, 0.25) is 0 Å². The van der Waals surface area contributed by atoms with Crippen molar-refractivity contribution >= 4 is 32.5 Å². The molecular formula is C14H11NO4S. The highest BCUT2D eigenvalue weighted by Crippen LogP contribution is 2.35. The lowest BCUT2D eigenvalue weighted by molar-refractivity contribution is -0.116. The summed E-state index contributed by atoms with van der Waals surface area (Å²) in [5.74, 6) is -1.01. The van der Waals surface area contributed by atoms with E-state index in [0.717, 1.165) is 5.39 Å². The fourth-order valence-electron chi connectivity index (χ4n) is 2.40. The summed E-state index contributed by atoms with van der Waals surface area (Å²) < 4.78 is 25.6. The molecule has 0 fully saturated rings. The van der Waals surface area contributed by atoms with Crippen molar-refractivity contribution in [3.63, 3.8) is 0 Å². The summed E-state index contributed by atoms with van der Waals surface area (Å²) >= 11 is 0. The Balaban J connectivity index is 2.33. The van der Waals surface area contributed by atoms with Crippen molar-refractivity contribution in [2.24, 2.45) is 0 Å². The van der Waals surface area contributed by atoms with Gasteiger partial charge in [-0.05, 0) is 18.4 Å². The fraction of sp³-hybridized carbons (Fsp3) is 0.143. The minimum absolute atomic E-state index is 0.00171. The molecule has 0 spiro atoms. The highest BCUT2D eigenvalue weighted by molar-refractivity contribution is 7.90. The molecule has 1 aliphatic rings. The molecule has 1 aliphatic heterocycles. The van der Waals surface area contributed by atoms with E-state index in [9.17, 15) is 18.0 Å². The van der Waals surface area contributed by atoms with Crippen LogP contribution in [0.2, 0.25) is 0 Å². The van der Waals surface area contributed by atoms with Crippen LogP contribution in [0.4, 0.5) is 0 Å². The van der Waals surface area contributed by atoms with E-state index in [1.165, 1.54) is 13.0 Å². The lowest BCUT2D eigenvalue weighted by atomic mass is 10.1. The first-order chi connectivity index (χ1) is 9.43. The molecule has 5 nitrogen and oxygen atoms in total. The van der Waals surface area contributed by atoms with Gasteiger partial charge in [-0.2, -0.15) is 0 Å². The van der Waals surface area contributed by atoms with Crippen molar-refractivity contribution in [2.75, 3.05) is 6.54 Å². The first-order valence-corrected chi connectivity index (χ1v) is 7.45. The van der Waals surface area contributed by atoms with Crippen molar-refractivity contribution in [2.45, 2.75) is 11.8 Å². The Morgan fingerprint density at radius 1 is 1.15 bits per heavy atom. The quantitative estimate of drug-likeness (QED) is 0.841. The number of fused-ring (bicyclic) bond motifs is 3. The van der Waals surface area contributed by atoms with Crippen molar-refractivity contribution in [3.8, 4) is 0 Å². The second kappa shape index (κ2) is 4.14. The number of rotatable bonds is 2. The van der Waals surface area contributed by atoms with E-state index >= 15 is 0 Å². The molecule has 2 aromatic carbocycles. The molecule has 0 radical (unpaired) electrons. The Morgan fingerprint density at radius 2 is 1.85 bits per heavy atom. The molecular weight excluding hydrogens is 278 g/mol. The molecule has 1 heterocycles. The van der Waals surface area contributed by atoms with Gasteiger partial charge in [0.1, 0.15) is 10.7 Å². The summed E-state index contributed by atoms with van der Waals surface area (Å²) in [6, 6.07) is 10.2. The second-order valence-electron chi connectivity index (χ2n) is 4.68. The summed E-state index contributed by atoms with van der Waals surface area (Å²) in [6.45, 7) is 0.827. The molecule has 0 saturated heterocycles. The lowest BCUT2D eigenvalue weighted by Gasteiger charge is -2.12. The molecule has 0 bridgehead atoms. The molecule has 102 valence electrons. The maximum atomic E-state index is 12.5.